The summed E-state index contributed by atoms with van der Waals surface area (Å²) in [5.41, 5.74) is 7.12. The number of amides is 1. The summed E-state index contributed by atoms with van der Waals surface area (Å²) >= 11 is 0. The Bertz CT molecular complexity index is 351. The molecule has 0 spiro atoms. The molecule has 0 aromatic heterocycles. The Balaban J connectivity index is 0.00000289. The number of hydrogen-bond donors (Lipinski definition) is 2. The molecule has 0 aliphatic rings. The van der Waals surface area contributed by atoms with Crippen LogP contribution in [0.3, 0.4) is 0 Å². The van der Waals surface area contributed by atoms with E-state index in [1.54, 1.807) is 12.1 Å². The third kappa shape index (κ3) is 5.41. The molecule has 0 bridgehead atoms. The van der Waals surface area contributed by atoms with E-state index < -0.39 is 0 Å². The van der Waals surface area contributed by atoms with E-state index in [-0.39, 0.29) is 24.2 Å². The van der Waals surface area contributed by atoms with Crippen molar-refractivity contribution in [1.82, 2.24) is 0 Å². The van der Waals surface area contributed by atoms with Gasteiger partial charge in [-0.25, -0.2) is 0 Å². The van der Waals surface area contributed by atoms with Crippen molar-refractivity contribution in [3.8, 4) is 0 Å². The number of nitrogens with one attached hydrogen (secondary N) is 1. The van der Waals surface area contributed by atoms with Crippen LogP contribution in [0.2, 0.25) is 0 Å². The maximum atomic E-state index is 12.0. The molecule has 0 saturated heterocycles. The second-order valence-electron chi connectivity index (χ2n) is 4.36. The second-order valence-corrected chi connectivity index (χ2v) is 4.36. The minimum atomic E-state index is 0. The first-order chi connectivity index (χ1) is 8.17. The van der Waals surface area contributed by atoms with Gasteiger partial charge in [0.1, 0.15) is 0 Å². The predicted octanol–water partition coefficient (Wildman–Crippen LogP) is 3.85. The van der Waals surface area contributed by atoms with Gasteiger partial charge < -0.3 is 11.1 Å². The second kappa shape index (κ2) is 8.81. The van der Waals surface area contributed by atoms with Crippen molar-refractivity contribution in [3.05, 3.63) is 24.3 Å². The van der Waals surface area contributed by atoms with Crippen LogP contribution in [0.1, 0.15) is 39.5 Å². The number of carbonyl (C=O) groups excluding carboxylic acids is 1. The van der Waals surface area contributed by atoms with E-state index >= 15 is 0 Å². The molecule has 0 aliphatic heterocycles. The Morgan fingerprint density at radius 1 is 1.28 bits per heavy atom. The number of anilines is 2. The fraction of sp³-hybridized carbons (Fsp3) is 0.500. The number of carbonyl (C=O) groups is 1. The van der Waals surface area contributed by atoms with Crippen molar-refractivity contribution in [2.75, 3.05) is 11.1 Å². The zero-order valence-electron chi connectivity index (χ0n) is 11.1. The van der Waals surface area contributed by atoms with Gasteiger partial charge in [0.2, 0.25) is 5.91 Å². The van der Waals surface area contributed by atoms with Gasteiger partial charge in [-0.1, -0.05) is 26.7 Å². The van der Waals surface area contributed by atoms with Crippen molar-refractivity contribution >= 4 is 29.7 Å². The molecule has 0 heterocycles. The first-order valence-electron chi connectivity index (χ1n) is 6.33. The molecule has 1 unspecified atom stereocenters. The summed E-state index contributed by atoms with van der Waals surface area (Å²) in [4.78, 5) is 12.0. The molecule has 1 aromatic rings. The molecule has 0 fully saturated rings. The Hall–Kier alpha value is -1.22. The molecule has 0 saturated carbocycles. The van der Waals surface area contributed by atoms with Crippen molar-refractivity contribution in [2.24, 2.45) is 5.92 Å². The fourth-order valence-electron chi connectivity index (χ4n) is 1.78. The molecule has 4 heteroatoms. The minimum Gasteiger partial charge on any atom is -0.399 e. The highest BCUT2D eigenvalue weighted by molar-refractivity contribution is 5.92. The SMILES string of the molecule is CCCCC(CC)C(=O)Nc1ccc(N)cc1.Cl. The maximum absolute atomic E-state index is 12.0. The summed E-state index contributed by atoms with van der Waals surface area (Å²) in [5.74, 6) is 0.234. The fourth-order valence-corrected chi connectivity index (χ4v) is 1.78. The molecule has 3 nitrogen and oxygen atoms in total. The molecule has 1 aromatic carbocycles. The molecular formula is C14H23ClN2O. The highest BCUT2D eigenvalue weighted by Gasteiger charge is 2.15. The van der Waals surface area contributed by atoms with E-state index in [0.29, 0.717) is 5.69 Å². The van der Waals surface area contributed by atoms with E-state index in [2.05, 4.69) is 19.2 Å². The molecule has 102 valence electrons. The Labute approximate surface area is 116 Å². The van der Waals surface area contributed by atoms with Crippen LogP contribution in [-0.4, -0.2) is 5.91 Å². The topological polar surface area (TPSA) is 55.1 Å². The van der Waals surface area contributed by atoms with Crippen LogP contribution >= 0.6 is 12.4 Å². The van der Waals surface area contributed by atoms with Crippen LogP contribution < -0.4 is 11.1 Å². The van der Waals surface area contributed by atoms with Crippen molar-refractivity contribution < 1.29 is 4.79 Å². The van der Waals surface area contributed by atoms with E-state index in [0.717, 1.165) is 31.4 Å². The van der Waals surface area contributed by atoms with E-state index in [9.17, 15) is 4.79 Å². The summed E-state index contributed by atoms with van der Waals surface area (Å²) in [7, 11) is 0. The Kier molecular flexibility index (Phi) is 8.21. The van der Waals surface area contributed by atoms with Crippen LogP contribution in [0.15, 0.2) is 24.3 Å². The Morgan fingerprint density at radius 3 is 2.39 bits per heavy atom. The smallest absolute Gasteiger partial charge is 0.227 e. The van der Waals surface area contributed by atoms with Gasteiger partial charge in [0.15, 0.2) is 0 Å². The number of rotatable bonds is 6. The number of nitrogens with two attached hydrogens (primary N) is 1. The van der Waals surface area contributed by atoms with Gasteiger partial charge in [-0.3, -0.25) is 4.79 Å². The highest BCUT2D eigenvalue weighted by atomic mass is 35.5. The van der Waals surface area contributed by atoms with E-state index in [1.807, 2.05) is 12.1 Å². The van der Waals surface area contributed by atoms with Gasteiger partial charge in [-0.15, -0.1) is 12.4 Å². The largest absolute Gasteiger partial charge is 0.399 e. The molecular weight excluding hydrogens is 248 g/mol. The average Bonchev–Trinajstić information content (AvgIpc) is 2.33. The molecule has 0 radical (unpaired) electrons. The van der Waals surface area contributed by atoms with Crippen LogP contribution in [0, 0.1) is 5.92 Å². The van der Waals surface area contributed by atoms with Crippen LogP contribution in [-0.2, 0) is 4.79 Å². The number of nitrogen functional groups attached to an aromatic ring is 1. The standard InChI is InChI=1S/C14H22N2O.ClH/c1-3-5-6-11(4-2)14(17)16-13-9-7-12(15)8-10-13;/h7-11H,3-6,15H2,1-2H3,(H,16,17);1H. The molecule has 18 heavy (non-hydrogen) atoms. The monoisotopic (exact) mass is 270 g/mol. The van der Waals surface area contributed by atoms with Gasteiger partial charge >= 0.3 is 0 Å². The summed E-state index contributed by atoms with van der Waals surface area (Å²) in [6.07, 6.45) is 4.09. The molecule has 1 rings (SSSR count). The third-order valence-electron chi connectivity index (χ3n) is 2.95. The van der Waals surface area contributed by atoms with Gasteiger partial charge in [-0.2, -0.15) is 0 Å². The average molecular weight is 271 g/mol. The summed E-state index contributed by atoms with van der Waals surface area (Å²) in [6, 6.07) is 7.25. The molecule has 1 amide bonds. The quantitative estimate of drug-likeness (QED) is 0.772. The Morgan fingerprint density at radius 2 is 1.89 bits per heavy atom. The van der Waals surface area contributed by atoms with Crippen molar-refractivity contribution in [2.45, 2.75) is 39.5 Å². The highest BCUT2D eigenvalue weighted by Crippen LogP contribution is 2.17. The van der Waals surface area contributed by atoms with Crippen LogP contribution in [0.25, 0.3) is 0 Å². The van der Waals surface area contributed by atoms with E-state index in [4.69, 9.17) is 5.73 Å². The normalized spacial score (nSPS) is 11.4. The van der Waals surface area contributed by atoms with Crippen molar-refractivity contribution in [3.63, 3.8) is 0 Å². The lowest BCUT2D eigenvalue weighted by molar-refractivity contribution is -0.120. The number of unbranched alkanes of at least 4 members (excludes halogenated alkanes) is 1. The summed E-state index contributed by atoms with van der Waals surface area (Å²) in [5, 5.41) is 2.93. The van der Waals surface area contributed by atoms with Crippen molar-refractivity contribution in [1.29, 1.82) is 0 Å². The van der Waals surface area contributed by atoms with E-state index in [1.165, 1.54) is 0 Å². The lowest BCUT2D eigenvalue weighted by Crippen LogP contribution is -2.22. The number of benzene rings is 1. The first-order valence-corrected chi connectivity index (χ1v) is 6.33. The van der Waals surface area contributed by atoms with Gasteiger partial charge in [-0.05, 0) is 37.1 Å². The lowest BCUT2D eigenvalue weighted by atomic mass is 9.98. The van der Waals surface area contributed by atoms with Gasteiger partial charge in [0, 0.05) is 17.3 Å². The molecule has 3 N–H and O–H groups in total. The lowest BCUT2D eigenvalue weighted by Gasteiger charge is -2.14. The van der Waals surface area contributed by atoms with Gasteiger partial charge in [0.25, 0.3) is 0 Å². The zero-order chi connectivity index (χ0) is 12.7. The summed E-state index contributed by atoms with van der Waals surface area (Å²) in [6.45, 7) is 4.20. The molecule has 0 aliphatic carbocycles. The maximum Gasteiger partial charge on any atom is 0.227 e. The number of hydrogen-bond acceptors (Lipinski definition) is 2. The summed E-state index contributed by atoms with van der Waals surface area (Å²) < 4.78 is 0. The molecule has 1 atom stereocenters. The predicted molar refractivity (Wildman–Crippen MR) is 80.0 cm³/mol. The van der Waals surface area contributed by atoms with Crippen LogP contribution in [0.5, 0.6) is 0 Å². The minimum absolute atomic E-state index is 0. The van der Waals surface area contributed by atoms with Gasteiger partial charge in [0.05, 0.1) is 0 Å². The third-order valence-corrected chi connectivity index (χ3v) is 2.95. The van der Waals surface area contributed by atoms with Crippen LogP contribution in [0.4, 0.5) is 11.4 Å². The zero-order valence-corrected chi connectivity index (χ0v) is 11.9. The number of halogens is 1. The first kappa shape index (κ1) is 16.8.